The van der Waals surface area contributed by atoms with Gasteiger partial charge in [-0.1, -0.05) is 18.9 Å². The molecule has 0 unspecified atom stereocenters. The second-order valence-electron chi connectivity index (χ2n) is 6.55. The number of rotatable bonds is 4. The lowest BCUT2D eigenvalue weighted by Crippen LogP contribution is -2.51. The minimum absolute atomic E-state index is 0.182. The van der Waals surface area contributed by atoms with Crippen molar-refractivity contribution < 1.29 is 9.59 Å². The summed E-state index contributed by atoms with van der Waals surface area (Å²) in [4.78, 5) is 32.6. The van der Waals surface area contributed by atoms with Crippen LogP contribution in [0.5, 0.6) is 0 Å². The summed E-state index contributed by atoms with van der Waals surface area (Å²) in [6.07, 6.45) is 9.26. The van der Waals surface area contributed by atoms with Gasteiger partial charge in [-0.2, -0.15) is 0 Å². The monoisotopic (exact) mass is 315 g/mol. The Morgan fingerprint density at radius 1 is 1.09 bits per heavy atom. The van der Waals surface area contributed by atoms with Crippen LogP contribution in [0.3, 0.4) is 0 Å². The first-order valence-corrected chi connectivity index (χ1v) is 8.69. The molecule has 0 bridgehead atoms. The molecule has 5 nitrogen and oxygen atoms in total. The highest BCUT2D eigenvalue weighted by Gasteiger charge is 2.30. The summed E-state index contributed by atoms with van der Waals surface area (Å²) >= 11 is 0. The number of hydrogen-bond acceptors (Lipinski definition) is 3. The lowest BCUT2D eigenvalue weighted by Gasteiger charge is -2.36. The fourth-order valence-electron chi connectivity index (χ4n) is 3.56. The van der Waals surface area contributed by atoms with Gasteiger partial charge in [0.15, 0.2) is 0 Å². The van der Waals surface area contributed by atoms with Crippen molar-refractivity contribution in [3.63, 3.8) is 0 Å². The Hall–Kier alpha value is -1.91. The molecule has 1 aromatic heterocycles. The topological polar surface area (TPSA) is 53.5 Å². The summed E-state index contributed by atoms with van der Waals surface area (Å²) < 4.78 is 0. The van der Waals surface area contributed by atoms with Crippen molar-refractivity contribution in [2.24, 2.45) is 5.92 Å². The molecule has 1 aliphatic carbocycles. The van der Waals surface area contributed by atoms with Crippen LogP contribution in [0, 0.1) is 5.92 Å². The number of carbonyl (C=O) groups is 2. The third-order valence-corrected chi connectivity index (χ3v) is 5.00. The highest BCUT2D eigenvalue weighted by Crippen LogP contribution is 2.26. The lowest BCUT2D eigenvalue weighted by molar-refractivity contribution is -0.142. The van der Waals surface area contributed by atoms with E-state index in [4.69, 9.17) is 0 Å². The number of aryl methyl sites for hydroxylation is 1. The molecule has 0 N–H and O–H groups in total. The van der Waals surface area contributed by atoms with Crippen molar-refractivity contribution in [2.45, 2.75) is 38.5 Å². The van der Waals surface area contributed by atoms with E-state index in [9.17, 15) is 9.59 Å². The van der Waals surface area contributed by atoms with Gasteiger partial charge in [-0.05, 0) is 30.9 Å². The van der Waals surface area contributed by atoms with Crippen molar-refractivity contribution in [1.82, 2.24) is 14.8 Å². The smallest absolute Gasteiger partial charge is 0.225 e. The molecule has 1 saturated carbocycles. The van der Waals surface area contributed by atoms with Crippen LogP contribution < -0.4 is 0 Å². The zero-order valence-corrected chi connectivity index (χ0v) is 13.6. The Kier molecular flexibility index (Phi) is 5.26. The van der Waals surface area contributed by atoms with E-state index in [0.717, 1.165) is 24.8 Å². The quantitative estimate of drug-likeness (QED) is 0.852. The average molecular weight is 315 g/mol. The van der Waals surface area contributed by atoms with Crippen LogP contribution >= 0.6 is 0 Å². The second kappa shape index (κ2) is 7.57. The van der Waals surface area contributed by atoms with Crippen LogP contribution in [0.1, 0.15) is 37.7 Å². The number of piperazine rings is 1. The molecular formula is C18H25N3O2. The maximum Gasteiger partial charge on any atom is 0.225 e. The van der Waals surface area contributed by atoms with Crippen LogP contribution in [-0.4, -0.2) is 52.8 Å². The lowest BCUT2D eigenvalue weighted by atomic mass is 10.1. The number of hydrogen-bond donors (Lipinski definition) is 0. The van der Waals surface area contributed by atoms with Gasteiger partial charge in [-0.3, -0.25) is 14.6 Å². The van der Waals surface area contributed by atoms with Gasteiger partial charge in [0.2, 0.25) is 11.8 Å². The van der Waals surface area contributed by atoms with Crippen molar-refractivity contribution in [2.75, 3.05) is 26.2 Å². The number of carbonyl (C=O) groups excluding carboxylic acids is 2. The first-order chi connectivity index (χ1) is 11.2. The fraction of sp³-hybridized carbons (Fsp3) is 0.611. The number of nitrogens with zero attached hydrogens (tertiary/aromatic N) is 3. The first-order valence-electron chi connectivity index (χ1n) is 8.69. The van der Waals surface area contributed by atoms with E-state index in [-0.39, 0.29) is 11.8 Å². The maximum atomic E-state index is 12.4. The van der Waals surface area contributed by atoms with E-state index in [2.05, 4.69) is 4.98 Å². The molecule has 2 fully saturated rings. The summed E-state index contributed by atoms with van der Waals surface area (Å²) in [5.74, 6) is 0.731. The minimum atomic E-state index is 0.182. The van der Waals surface area contributed by atoms with Crippen LogP contribution in [-0.2, 0) is 16.0 Å². The molecule has 1 aromatic rings. The van der Waals surface area contributed by atoms with Gasteiger partial charge in [0.25, 0.3) is 0 Å². The first kappa shape index (κ1) is 16.0. The molecule has 23 heavy (non-hydrogen) atoms. The predicted molar refractivity (Wildman–Crippen MR) is 87.7 cm³/mol. The molecule has 0 spiro atoms. The second-order valence-corrected chi connectivity index (χ2v) is 6.55. The third-order valence-electron chi connectivity index (χ3n) is 5.00. The van der Waals surface area contributed by atoms with Crippen LogP contribution in [0.15, 0.2) is 24.5 Å². The Labute approximate surface area is 137 Å². The van der Waals surface area contributed by atoms with Gasteiger partial charge in [0.1, 0.15) is 0 Å². The van der Waals surface area contributed by atoms with E-state index in [0.29, 0.717) is 38.5 Å². The Balaban J connectivity index is 1.43. The molecule has 1 aliphatic heterocycles. The molecule has 0 radical (unpaired) electrons. The minimum Gasteiger partial charge on any atom is -0.339 e. The van der Waals surface area contributed by atoms with E-state index in [1.807, 2.05) is 28.1 Å². The van der Waals surface area contributed by atoms with Crippen LogP contribution in [0.4, 0.5) is 0 Å². The molecule has 2 aliphatic rings. The van der Waals surface area contributed by atoms with E-state index in [1.54, 1.807) is 6.20 Å². The summed E-state index contributed by atoms with van der Waals surface area (Å²) in [6, 6.07) is 3.89. The highest BCUT2D eigenvalue weighted by molar-refractivity contribution is 5.80. The van der Waals surface area contributed by atoms with E-state index >= 15 is 0 Å². The van der Waals surface area contributed by atoms with Gasteiger partial charge in [-0.25, -0.2) is 0 Å². The van der Waals surface area contributed by atoms with Gasteiger partial charge in [0, 0.05) is 50.9 Å². The summed E-state index contributed by atoms with van der Waals surface area (Å²) in [5, 5.41) is 0. The molecule has 0 aromatic carbocycles. The molecule has 2 heterocycles. The van der Waals surface area contributed by atoms with Crippen LogP contribution in [0.2, 0.25) is 0 Å². The molecule has 3 rings (SSSR count). The zero-order chi connectivity index (χ0) is 16.1. The maximum absolute atomic E-state index is 12.4. The fourth-order valence-corrected chi connectivity index (χ4v) is 3.56. The normalized spacial score (nSPS) is 19.1. The molecular weight excluding hydrogens is 290 g/mol. The summed E-state index contributed by atoms with van der Waals surface area (Å²) in [7, 11) is 0. The Morgan fingerprint density at radius 2 is 1.78 bits per heavy atom. The molecule has 124 valence electrons. The largest absolute Gasteiger partial charge is 0.339 e. The van der Waals surface area contributed by atoms with Gasteiger partial charge < -0.3 is 9.80 Å². The SMILES string of the molecule is O=C(CCc1cccnc1)N1CCN(C(=O)C2CCCC2)CC1. The van der Waals surface area contributed by atoms with Crippen molar-refractivity contribution >= 4 is 11.8 Å². The van der Waals surface area contributed by atoms with Crippen LogP contribution in [0.25, 0.3) is 0 Å². The van der Waals surface area contributed by atoms with Crippen molar-refractivity contribution in [3.05, 3.63) is 30.1 Å². The molecule has 5 heteroatoms. The third kappa shape index (κ3) is 4.09. The number of amides is 2. The summed E-state index contributed by atoms with van der Waals surface area (Å²) in [5.41, 5.74) is 1.09. The molecule has 1 saturated heterocycles. The zero-order valence-electron chi connectivity index (χ0n) is 13.6. The predicted octanol–water partition coefficient (Wildman–Crippen LogP) is 1.88. The van der Waals surface area contributed by atoms with Gasteiger partial charge in [0.05, 0.1) is 0 Å². The highest BCUT2D eigenvalue weighted by atomic mass is 16.2. The van der Waals surface area contributed by atoms with E-state index < -0.39 is 0 Å². The van der Waals surface area contributed by atoms with E-state index in [1.165, 1.54) is 12.8 Å². The van der Waals surface area contributed by atoms with Gasteiger partial charge >= 0.3 is 0 Å². The van der Waals surface area contributed by atoms with Gasteiger partial charge in [-0.15, -0.1) is 0 Å². The van der Waals surface area contributed by atoms with Crippen molar-refractivity contribution in [1.29, 1.82) is 0 Å². The Morgan fingerprint density at radius 3 is 2.43 bits per heavy atom. The number of pyridine rings is 1. The average Bonchev–Trinajstić information content (AvgIpc) is 3.15. The Bertz CT molecular complexity index is 532. The molecule has 0 atom stereocenters. The number of aromatic nitrogens is 1. The molecule has 2 amide bonds. The summed E-state index contributed by atoms with van der Waals surface area (Å²) in [6.45, 7) is 2.72. The standard InChI is InChI=1S/C18H25N3O2/c22-17(8-7-15-4-3-9-19-14-15)20-10-12-21(13-11-20)18(23)16-5-1-2-6-16/h3-4,9,14,16H,1-2,5-8,10-13H2. The van der Waals surface area contributed by atoms with Crippen molar-refractivity contribution in [3.8, 4) is 0 Å².